The van der Waals surface area contributed by atoms with Crippen molar-refractivity contribution in [2.45, 2.75) is 5.03 Å². The highest BCUT2D eigenvalue weighted by Gasteiger charge is 2.17. The summed E-state index contributed by atoms with van der Waals surface area (Å²) in [5.74, 6) is 0.565. The molecule has 2 aromatic heterocycles. The molecular formula is C15H16N4O3S2. The summed E-state index contributed by atoms with van der Waals surface area (Å²) >= 11 is 2.69. The van der Waals surface area contributed by atoms with Crippen molar-refractivity contribution in [2.75, 3.05) is 37.4 Å². The number of hydrogen-bond acceptors (Lipinski definition) is 7. The first kappa shape index (κ1) is 16.9. The van der Waals surface area contributed by atoms with Crippen LogP contribution in [0.3, 0.4) is 0 Å². The topological polar surface area (TPSA) is 84.4 Å². The van der Waals surface area contributed by atoms with E-state index in [2.05, 4.69) is 15.5 Å². The molecule has 0 saturated carbocycles. The normalized spacial score (nSPS) is 14.4. The molecule has 24 heavy (non-hydrogen) atoms. The van der Waals surface area contributed by atoms with Gasteiger partial charge in [0.2, 0.25) is 5.91 Å². The molecule has 7 nitrogen and oxygen atoms in total. The molecule has 2 amide bonds. The van der Waals surface area contributed by atoms with Gasteiger partial charge in [0.25, 0.3) is 5.91 Å². The lowest BCUT2D eigenvalue weighted by Gasteiger charge is -2.26. The van der Waals surface area contributed by atoms with Crippen LogP contribution in [0.25, 0.3) is 0 Å². The molecule has 0 aliphatic carbocycles. The highest BCUT2D eigenvalue weighted by molar-refractivity contribution is 7.99. The van der Waals surface area contributed by atoms with Gasteiger partial charge in [-0.1, -0.05) is 17.8 Å². The Morgan fingerprint density at radius 1 is 1.25 bits per heavy atom. The molecule has 0 spiro atoms. The van der Waals surface area contributed by atoms with Crippen LogP contribution in [0.4, 0.5) is 5.82 Å². The van der Waals surface area contributed by atoms with Crippen molar-refractivity contribution in [3.63, 3.8) is 0 Å². The van der Waals surface area contributed by atoms with E-state index in [1.54, 1.807) is 23.1 Å². The van der Waals surface area contributed by atoms with Crippen LogP contribution >= 0.6 is 23.1 Å². The van der Waals surface area contributed by atoms with Gasteiger partial charge in [0.05, 0.1) is 23.8 Å². The summed E-state index contributed by atoms with van der Waals surface area (Å²) in [5, 5.41) is 13.2. The van der Waals surface area contributed by atoms with Gasteiger partial charge >= 0.3 is 0 Å². The van der Waals surface area contributed by atoms with Crippen molar-refractivity contribution in [1.82, 2.24) is 15.1 Å². The Kier molecular flexibility index (Phi) is 5.78. The molecule has 1 aliphatic heterocycles. The number of carbonyl (C=O) groups is 2. The van der Waals surface area contributed by atoms with Crippen LogP contribution < -0.4 is 5.32 Å². The minimum absolute atomic E-state index is 0.0696. The smallest absolute Gasteiger partial charge is 0.266 e. The predicted molar refractivity (Wildman–Crippen MR) is 92.4 cm³/mol. The molecule has 9 heteroatoms. The summed E-state index contributed by atoms with van der Waals surface area (Å²) in [6.45, 7) is 2.46. The number of ether oxygens (including phenoxy) is 1. The summed E-state index contributed by atoms with van der Waals surface area (Å²) in [6.07, 6.45) is 0. The van der Waals surface area contributed by atoms with E-state index in [0.29, 0.717) is 47.8 Å². The molecule has 0 bridgehead atoms. The van der Waals surface area contributed by atoms with Crippen LogP contribution in [0.1, 0.15) is 9.67 Å². The summed E-state index contributed by atoms with van der Waals surface area (Å²) < 4.78 is 5.23. The zero-order chi connectivity index (χ0) is 16.8. The summed E-state index contributed by atoms with van der Waals surface area (Å²) in [7, 11) is 0. The molecule has 2 aromatic rings. The van der Waals surface area contributed by atoms with E-state index in [9.17, 15) is 9.59 Å². The van der Waals surface area contributed by atoms with E-state index in [4.69, 9.17) is 4.74 Å². The number of anilines is 1. The highest BCUT2D eigenvalue weighted by Crippen LogP contribution is 2.17. The zero-order valence-electron chi connectivity index (χ0n) is 12.8. The maximum atomic E-state index is 12.1. The van der Waals surface area contributed by atoms with Crippen molar-refractivity contribution in [2.24, 2.45) is 0 Å². The lowest BCUT2D eigenvalue weighted by molar-refractivity contribution is -0.132. The Morgan fingerprint density at radius 2 is 2.08 bits per heavy atom. The molecule has 3 rings (SSSR count). The lowest BCUT2D eigenvalue weighted by Crippen LogP contribution is -2.41. The molecule has 1 saturated heterocycles. The minimum Gasteiger partial charge on any atom is -0.378 e. The van der Waals surface area contributed by atoms with E-state index in [0.717, 1.165) is 0 Å². The van der Waals surface area contributed by atoms with E-state index in [1.165, 1.54) is 23.1 Å². The fraction of sp³-hybridized carbons (Fsp3) is 0.333. The first-order chi connectivity index (χ1) is 11.7. The molecule has 3 heterocycles. The number of nitrogens with zero attached hydrogens (tertiary/aromatic N) is 3. The van der Waals surface area contributed by atoms with E-state index in [1.807, 2.05) is 11.4 Å². The van der Waals surface area contributed by atoms with Gasteiger partial charge in [-0.25, -0.2) is 0 Å². The zero-order valence-corrected chi connectivity index (χ0v) is 14.4. The van der Waals surface area contributed by atoms with Gasteiger partial charge in [-0.05, 0) is 23.6 Å². The van der Waals surface area contributed by atoms with E-state index in [-0.39, 0.29) is 11.8 Å². The van der Waals surface area contributed by atoms with Crippen molar-refractivity contribution >= 4 is 40.7 Å². The second kappa shape index (κ2) is 8.22. The van der Waals surface area contributed by atoms with Crippen LogP contribution in [0.5, 0.6) is 0 Å². The van der Waals surface area contributed by atoms with Crippen molar-refractivity contribution in [3.05, 3.63) is 34.5 Å². The third kappa shape index (κ3) is 4.53. The number of amides is 2. The number of hydrogen-bond donors (Lipinski definition) is 1. The van der Waals surface area contributed by atoms with Gasteiger partial charge in [-0.3, -0.25) is 9.59 Å². The van der Waals surface area contributed by atoms with Crippen molar-refractivity contribution in [1.29, 1.82) is 0 Å². The Bertz CT molecular complexity index is 685. The third-order valence-corrected chi connectivity index (χ3v) is 5.11. The number of rotatable bonds is 5. The maximum absolute atomic E-state index is 12.1. The average molecular weight is 364 g/mol. The van der Waals surface area contributed by atoms with Gasteiger partial charge in [0.15, 0.2) is 5.82 Å². The third-order valence-electron chi connectivity index (χ3n) is 3.33. The Labute approximate surface area is 147 Å². The second-order valence-corrected chi connectivity index (χ2v) is 6.91. The first-order valence-corrected chi connectivity index (χ1v) is 9.26. The summed E-state index contributed by atoms with van der Waals surface area (Å²) in [6, 6.07) is 6.99. The van der Waals surface area contributed by atoms with Crippen LogP contribution in [0.15, 0.2) is 34.7 Å². The molecule has 0 unspecified atom stereocenters. The van der Waals surface area contributed by atoms with Gasteiger partial charge < -0.3 is 15.0 Å². The number of morpholine rings is 1. The molecule has 126 valence electrons. The Hall–Kier alpha value is -1.97. The van der Waals surface area contributed by atoms with Crippen LogP contribution in [-0.4, -0.2) is 59.0 Å². The van der Waals surface area contributed by atoms with Crippen molar-refractivity contribution in [3.8, 4) is 0 Å². The molecule has 1 N–H and O–H groups in total. The molecule has 1 aliphatic rings. The summed E-state index contributed by atoms with van der Waals surface area (Å²) in [5.41, 5.74) is 0. The largest absolute Gasteiger partial charge is 0.378 e. The minimum atomic E-state index is -0.206. The summed E-state index contributed by atoms with van der Waals surface area (Å²) in [4.78, 5) is 26.4. The van der Waals surface area contributed by atoms with Gasteiger partial charge in [0.1, 0.15) is 5.03 Å². The average Bonchev–Trinajstić information content (AvgIpc) is 3.16. The standard InChI is InChI=1S/C15H16N4O3S2/c20-14(19-5-7-22-8-6-19)10-24-13-4-3-12(17-18-13)16-15(21)11-2-1-9-23-11/h1-4,9H,5-8,10H2,(H,16,17,21). The molecule has 0 radical (unpaired) electrons. The van der Waals surface area contributed by atoms with E-state index < -0.39 is 0 Å². The number of thioether (sulfide) groups is 1. The van der Waals surface area contributed by atoms with Gasteiger partial charge in [-0.15, -0.1) is 21.5 Å². The first-order valence-electron chi connectivity index (χ1n) is 7.39. The Morgan fingerprint density at radius 3 is 2.75 bits per heavy atom. The van der Waals surface area contributed by atoms with Crippen LogP contribution in [0, 0.1) is 0 Å². The van der Waals surface area contributed by atoms with Gasteiger partial charge in [0, 0.05) is 13.1 Å². The fourth-order valence-electron chi connectivity index (χ4n) is 2.09. The van der Waals surface area contributed by atoms with Crippen LogP contribution in [-0.2, 0) is 9.53 Å². The molecule has 1 fully saturated rings. The molecule has 0 atom stereocenters. The number of nitrogens with one attached hydrogen (secondary N) is 1. The lowest BCUT2D eigenvalue weighted by atomic mass is 10.4. The number of thiophene rings is 1. The molecular weight excluding hydrogens is 348 g/mol. The number of aromatic nitrogens is 2. The maximum Gasteiger partial charge on any atom is 0.266 e. The van der Waals surface area contributed by atoms with E-state index >= 15 is 0 Å². The predicted octanol–water partition coefficient (Wildman–Crippen LogP) is 1.74. The SMILES string of the molecule is O=C(Nc1ccc(SCC(=O)N2CCOCC2)nn1)c1cccs1. The highest BCUT2D eigenvalue weighted by atomic mass is 32.2. The molecule has 0 aromatic carbocycles. The second-order valence-electron chi connectivity index (χ2n) is 4.97. The van der Waals surface area contributed by atoms with Gasteiger partial charge in [-0.2, -0.15) is 0 Å². The van der Waals surface area contributed by atoms with Crippen LogP contribution in [0.2, 0.25) is 0 Å². The quantitative estimate of drug-likeness (QED) is 0.814. The monoisotopic (exact) mass is 364 g/mol. The Balaban J connectivity index is 1.49. The van der Waals surface area contributed by atoms with Crippen molar-refractivity contribution < 1.29 is 14.3 Å². The fourth-order valence-corrected chi connectivity index (χ4v) is 3.42. The number of carbonyl (C=O) groups excluding carboxylic acids is 2.